The second-order valence-corrected chi connectivity index (χ2v) is 9.85. The van der Waals surface area contributed by atoms with E-state index >= 15 is 0 Å². The summed E-state index contributed by atoms with van der Waals surface area (Å²) in [5.74, 6) is 0.342. The van der Waals surface area contributed by atoms with Crippen LogP contribution in [-0.4, -0.2) is 26.0 Å². The number of urea groups is 1. The van der Waals surface area contributed by atoms with Crippen molar-refractivity contribution in [1.82, 2.24) is 19.9 Å². The smallest absolute Gasteiger partial charge is 0.324 e. The topological polar surface area (TPSA) is 131 Å². The summed E-state index contributed by atoms with van der Waals surface area (Å²) in [6.45, 7) is 5.99. The predicted molar refractivity (Wildman–Crippen MR) is 146 cm³/mol. The van der Waals surface area contributed by atoms with Crippen molar-refractivity contribution in [2.75, 3.05) is 10.6 Å². The van der Waals surface area contributed by atoms with E-state index in [0.717, 1.165) is 5.69 Å². The average Bonchev–Trinajstić information content (AvgIpc) is 3.61. The van der Waals surface area contributed by atoms with Gasteiger partial charge in [0, 0.05) is 29.8 Å². The summed E-state index contributed by atoms with van der Waals surface area (Å²) in [5.41, 5.74) is 2.68. The Morgan fingerprint density at radius 3 is 2.62 bits per heavy atom. The number of hydrogen-bond acceptors (Lipinski definition) is 7. The minimum atomic E-state index is -0.688. The minimum absolute atomic E-state index is 0.0432. The van der Waals surface area contributed by atoms with Crippen LogP contribution in [0.5, 0.6) is 11.5 Å². The molecule has 0 saturated carbocycles. The van der Waals surface area contributed by atoms with E-state index in [1.165, 1.54) is 35.3 Å². The number of hydrogen-bond donors (Lipinski definition) is 2. The van der Waals surface area contributed by atoms with E-state index in [-0.39, 0.29) is 16.9 Å². The van der Waals surface area contributed by atoms with E-state index in [2.05, 4.69) is 31.9 Å². The Bertz CT molecular complexity index is 1720. The molecule has 0 aliphatic rings. The minimum Gasteiger partial charge on any atom is -0.457 e. The summed E-state index contributed by atoms with van der Waals surface area (Å²) in [5, 5.41) is 22.9. The molecule has 3 heterocycles. The van der Waals surface area contributed by atoms with Crippen molar-refractivity contribution in [3.05, 3.63) is 96.4 Å². The molecule has 0 bridgehead atoms. The van der Waals surface area contributed by atoms with Crippen molar-refractivity contribution < 1.29 is 18.4 Å². The highest BCUT2D eigenvalue weighted by Gasteiger charge is 2.22. The summed E-state index contributed by atoms with van der Waals surface area (Å²) in [6, 6.07) is 17.4. The zero-order valence-corrected chi connectivity index (χ0v) is 21.8. The summed E-state index contributed by atoms with van der Waals surface area (Å²) in [4.78, 5) is 17.1. The number of pyridine rings is 1. The van der Waals surface area contributed by atoms with Gasteiger partial charge in [0.05, 0.1) is 46.2 Å². The number of carbonyl (C=O) groups is 1. The van der Waals surface area contributed by atoms with Crippen LogP contribution in [0.2, 0.25) is 0 Å². The fourth-order valence-electron chi connectivity index (χ4n) is 3.77. The molecule has 5 aromatic rings. The first-order valence-corrected chi connectivity index (χ1v) is 12.2. The fourth-order valence-corrected chi connectivity index (χ4v) is 3.77. The average molecular weight is 538 g/mol. The van der Waals surface area contributed by atoms with Gasteiger partial charge < -0.3 is 14.6 Å². The number of carbonyl (C=O) groups excluding carboxylic acids is 1. The van der Waals surface area contributed by atoms with Crippen molar-refractivity contribution in [3.63, 3.8) is 0 Å². The van der Waals surface area contributed by atoms with Crippen LogP contribution in [0, 0.1) is 17.1 Å². The molecule has 0 aliphatic heterocycles. The molecule has 2 amide bonds. The maximum absolute atomic E-state index is 14.9. The van der Waals surface area contributed by atoms with Gasteiger partial charge in [0.2, 0.25) is 0 Å². The molecule has 10 nitrogen and oxygen atoms in total. The molecule has 200 valence electrons. The van der Waals surface area contributed by atoms with Gasteiger partial charge >= 0.3 is 6.03 Å². The molecule has 2 aromatic carbocycles. The third-order valence-electron chi connectivity index (χ3n) is 5.82. The molecule has 11 heteroatoms. The zero-order chi connectivity index (χ0) is 28.3. The van der Waals surface area contributed by atoms with Crippen LogP contribution in [0.25, 0.3) is 16.9 Å². The molecular weight excluding hydrogens is 513 g/mol. The number of amides is 2. The summed E-state index contributed by atoms with van der Waals surface area (Å²) in [7, 11) is 0. The maximum Gasteiger partial charge on any atom is 0.324 e. The Morgan fingerprint density at radius 2 is 1.90 bits per heavy atom. The molecule has 0 atom stereocenters. The second kappa shape index (κ2) is 10.7. The van der Waals surface area contributed by atoms with Crippen molar-refractivity contribution in [2.45, 2.75) is 26.2 Å². The molecule has 2 N–H and O–H groups in total. The van der Waals surface area contributed by atoms with Gasteiger partial charge in [-0.3, -0.25) is 10.3 Å². The Balaban J connectivity index is 1.32. The lowest BCUT2D eigenvalue weighted by atomic mass is 9.92. The number of ether oxygens (including phenoxy) is 1. The molecule has 0 unspecified atom stereocenters. The first-order chi connectivity index (χ1) is 19.2. The van der Waals surface area contributed by atoms with Gasteiger partial charge in [-0.15, -0.1) is 0 Å². The van der Waals surface area contributed by atoms with Gasteiger partial charge in [-0.2, -0.15) is 10.4 Å². The molecule has 0 aliphatic carbocycles. The molecule has 5 rings (SSSR count). The molecule has 40 heavy (non-hydrogen) atoms. The third kappa shape index (κ3) is 5.81. The van der Waals surface area contributed by atoms with Crippen LogP contribution in [0.4, 0.5) is 20.7 Å². The molecular formula is C29H24FN7O3. The van der Waals surface area contributed by atoms with Crippen molar-refractivity contribution >= 4 is 17.5 Å². The molecule has 0 radical (unpaired) electrons. The molecule has 0 fully saturated rings. The highest BCUT2D eigenvalue weighted by atomic mass is 19.1. The quantitative estimate of drug-likeness (QED) is 0.247. The molecule has 0 saturated heterocycles. The van der Waals surface area contributed by atoms with Gasteiger partial charge in [-0.1, -0.05) is 32.0 Å². The van der Waals surface area contributed by atoms with Crippen LogP contribution < -0.4 is 15.4 Å². The highest BCUT2D eigenvalue weighted by Crippen LogP contribution is 2.29. The number of nitriles is 1. The molecule has 3 aromatic heterocycles. The van der Waals surface area contributed by atoms with Crippen LogP contribution in [0.15, 0.2) is 83.8 Å². The third-order valence-corrected chi connectivity index (χ3v) is 5.82. The summed E-state index contributed by atoms with van der Waals surface area (Å²) in [6.07, 6.45) is 4.54. The van der Waals surface area contributed by atoms with Crippen LogP contribution in [0.1, 0.15) is 32.0 Å². The van der Waals surface area contributed by atoms with Gasteiger partial charge in [0.25, 0.3) is 0 Å². The van der Waals surface area contributed by atoms with E-state index in [1.54, 1.807) is 48.7 Å². The lowest BCUT2D eigenvalue weighted by Gasteiger charge is -2.14. The second-order valence-electron chi connectivity index (χ2n) is 9.85. The molecule has 0 spiro atoms. The number of aromatic nitrogens is 4. The number of benzene rings is 2. The Morgan fingerprint density at radius 1 is 1.07 bits per heavy atom. The van der Waals surface area contributed by atoms with E-state index in [1.807, 2.05) is 20.8 Å². The lowest BCUT2D eigenvalue weighted by Crippen LogP contribution is -2.22. The first-order valence-electron chi connectivity index (χ1n) is 12.2. The van der Waals surface area contributed by atoms with E-state index in [9.17, 15) is 14.4 Å². The first kappa shape index (κ1) is 26.1. The van der Waals surface area contributed by atoms with E-state index in [0.29, 0.717) is 34.1 Å². The van der Waals surface area contributed by atoms with Crippen molar-refractivity contribution in [1.29, 1.82) is 5.26 Å². The highest BCUT2D eigenvalue weighted by molar-refractivity contribution is 5.99. The normalized spacial score (nSPS) is 11.1. The summed E-state index contributed by atoms with van der Waals surface area (Å²) >= 11 is 0. The standard InChI is InChI=1S/C29H24FN7O3/c1-29(2,3)26-14-27(37(36-26)20-6-4-5-18(11-20)15-31)35-28(38)34-24-8-7-21(12-23(24)30)40-22-9-10-32-25(13-22)19-16-33-39-17-19/h4-14,16-17H,1-3H3,(H2,34,35,38). The van der Waals surface area contributed by atoms with E-state index in [4.69, 9.17) is 9.26 Å². The number of nitrogens with zero attached hydrogens (tertiary/aromatic N) is 5. The maximum atomic E-state index is 14.9. The number of rotatable bonds is 6. The van der Waals surface area contributed by atoms with Crippen LogP contribution >= 0.6 is 0 Å². The SMILES string of the molecule is CC(C)(C)c1cc(NC(=O)Nc2ccc(Oc3ccnc(-c4cnoc4)c3)cc2F)n(-c2cccc(C#N)c2)n1. The Kier molecular flexibility index (Phi) is 6.99. The number of halogens is 1. The van der Waals surface area contributed by atoms with Gasteiger partial charge in [-0.25, -0.2) is 13.9 Å². The van der Waals surface area contributed by atoms with Crippen molar-refractivity contribution in [3.8, 4) is 34.5 Å². The summed E-state index contributed by atoms with van der Waals surface area (Å²) < 4.78 is 27.1. The van der Waals surface area contributed by atoms with Crippen LogP contribution in [0.3, 0.4) is 0 Å². The largest absolute Gasteiger partial charge is 0.457 e. The Hall–Kier alpha value is -5.50. The number of anilines is 2. The van der Waals surface area contributed by atoms with Crippen molar-refractivity contribution in [2.24, 2.45) is 0 Å². The fraction of sp³-hybridized carbons (Fsp3) is 0.138. The van der Waals surface area contributed by atoms with Crippen LogP contribution in [-0.2, 0) is 5.41 Å². The van der Waals surface area contributed by atoms with Gasteiger partial charge in [-0.05, 0) is 36.4 Å². The predicted octanol–water partition coefficient (Wildman–Crippen LogP) is 6.67. The zero-order valence-electron chi connectivity index (χ0n) is 21.8. The lowest BCUT2D eigenvalue weighted by molar-refractivity contribution is 0.262. The van der Waals surface area contributed by atoms with Gasteiger partial charge in [0.1, 0.15) is 29.4 Å². The Labute approximate surface area is 229 Å². The van der Waals surface area contributed by atoms with Gasteiger partial charge in [0.15, 0.2) is 0 Å². The number of nitrogens with one attached hydrogen (secondary N) is 2. The van der Waals surface area contributed by atoms with E-state index < -0.39 is 11.8 Å². The monoisotopic (exact) mass is 537 g/mol.